The van der Waals surface area contributed by atoms with Crippen molar-refractivity contribution in [2.75, 3.05) is 6.61 Å². The minimum Gasteiger partial charge on any atom is -0.458 e. The van der Waals surface area contributed by atoms with E-state index in [9.17, 15) is 14.4 Å². The number of H-pyrrole nitrogens is 1. The molecular formula is C22H31NO5. The van der Waals surface area contributed by atoms with Gasteiger partial charge in [-0.05, 0) is 23.8 Å². The fourth-order valence-corrected chi connectivity index (χ4v) is 4.01. The molecule has 0 bridgehead atoms. The van der Waals surface area contributed by atoms with Gasteiger partial charge in [0.15, 0.2) is 5.78 Å². The van der Waals surface area contributed by atoms with Crippen molar-refractivity contribution in [3.63, 3.8) is 0 Å². The van der Waals surface area contributed by atoms with E-state index in [4.69, 9.17) is 9.47 Å². The van der Waals surface area contributed by atoms with Crippen molar-refractivity contribution in [3.8, 4) is 0 Å². The van der Waals surface area contributed by atoms with Gasteiger partial charge >= 0.3 is 5.97 Å². The van der Waals surface area contributed by atoms with Crippen molar-refractivity contribution in [2.24, 2.45) is 16.7 Å². The first kappa shape index (κ1) is 20.8. The van der Waals surface area contributed by atoms with Gasteiger partial charge in [-0.25, -0.2) is 4.79 Å². The van der Waals surface area contributed by atoms with E-state index < -0.39 is 11.5 Å². The molecule has 1 heterocycles. The summed E-state index contributed by atoms with van der Waals surface area (Å²) in [6.45, 7) is 12.8. The van der Waals surface area contributed by atoms with E-state index in [2.05, 4.69) is 18.8 Å². The molecule has 0 aliphatic heterocycles. The maximum absolute atomic E-state index is 12.7. The molecule has 2 atom stereocenters. The highest BCUT2D eigenvalue weighted by Gasteiger charge is 2.51. The van der Waals surface area contributed by atoms with E-state index in [-0.39, 0.29) is 34.4 Å². The molecule has 2 aliphatic carbocycles. The van der Waals surface area contributed by atoms with E-state index in [0.29, 0.717) is 43.0 Å². The van der Waals surface area contributed by atoms with Crippen molar-refractivity contribution in [1.82, 2.24) is 4.98 Å². The van der Waals surface area contributed by atoms with Gasteiger partial charge in [0.25, 0.3) is 5.56 Å². The number of carbonyl (C=O) groups is 2. The Balaban J connectivity index is 1.73. The molecule has 1 fully saturated rings. The van der Waals surface area contributed by atoms with Crippen LogP contribution in [0.4, 0.5) is 0 Å². The monoisotopic (exact) mass is 389 g/mol. The number of pyridine rings is 1. The Hall–Kier alpha value is -1.95. The number of nitrogens with one attached hydrogen (secondary N) is 1. The first-order chi connectivity index (χ1) is 12.9. The SMILES string of the molecule is CC(C)CO[C@@H]1C[C@@H](OC(=O)c2cc3c([nH]c2=O)CC(C)(C)CC3=O)C1(C)C. The molecule has 6 nitrogen and oxygen atoms in total. The van der Waals surface area contributed by atoms with Crippen LogP contribution in [0.25, 0.3) is 0 Å². The predicted octanol–water partition coefficient (Wildman–Crippen LogP) is 3.53. The molecule has 0 aromatic carbocycles. The zero-order valence-electron chi connectivity index (χ0n) is 17.7. The summed E-state index contributed by atoms with van der Waals surface area (Å²) in [4.78, 5) is 40.3. The van der Waals surface area contributed by atoms with Gasteiger partial charge in [0.2, 0.25) is 0 Å². The fourth-order valence-electron chi connectivity index (χ4n) is 4.01. The number of carbonyl (C=O) groups excluding carboxylic acids is 2. The molecule has 1 aromatic heterocycles. The lowest BCUT2D eigenvalue weighted by Crippen LogP contribution is -2.56. The molecule has 0 radical (unpaired) electrons. The van der Waals surface area contributed by atoms with E-state index in [1.165, 1.54) is 6.07 Å². The molecule has 0 unspecified atom stereocenters. The molecule has 28 heavy (non-hydrogen) atoms. The molecule has 6 heteroatoms. The number of ketones is 1. The van der Waals surface area contributed by atoms with Gasteiger partial charge < -0.3 is 14.5 Å². The molecule has 0 saturated heterocycles. The average Bonchev–Trinajstić information content (AvgIpc) is 2.55. The summed E-state index contributed by atoms with van der Waals surface area (Å²) in [7, 11) is 0. The van der Waals surface area contributed by atoms with Crippen LogP contribution >= 0.6 is 0 Å². The number of rotatable bonds is 5. The molecule has 2 aliphatic rings. The van der Waals surface area contributed by atoms with Crippen LogP contribution in [0, 0.1) is 16.7 Å². The molecule has 3 rings (SSSR count). The Bertz CT molecular complexity index is 849. The zero-order chi connectivity index (χ0) is 20.9. The number of fused-ring (bicyclic) bond motifs is 1. The van der Waals surface area contributed by atoms with Gasteiger partial charge in [0.1, 0.15) is 11.7 Å². The van der Waals surface area contributed by atoms with Gasteiger partial charge in [-0.1, -0.05) is 41.5 Å². The summed E-state index contributed by atoms with van der Waals surface area (Å²) < 4.78 is 11.5. The maximum Gasteiger partial charge on any atom is 0.344 e. The van der Waals surface area contributed by atoms with Crippen LogP contribution in [-0.4, -0.2) is 35.6 Å². The van der Waals surface area contributed by atoms with E-state index >= 15 is 0 Å². The van der Waals surface area contributed by atoms with E-state index in [1.807, 2.05) is 27.7 Å². The van der Waals surface area contributed by atoms with Crippen LogP contribution in [0.5, 0.6) is 0 Å². The fraction of sp³-hybridized carbons (Fsp3) is 0.682. The molecular weight excluding hydrogens is 358 g/mol. The first-order valence-corrected chi connectivity index (χ1v) is 10.0. The third-order valence-electron chi connectivity index (χ3n) is 5.91. The van der Waals surface area contributed by atoms with Gasteiger partial charge in [0, 0.05) is 36.1 Å². The molecule has 1 saturated carbocycles. The molecule has 1 aromatic rings. The predicted molar refractivity (Wildman–Crippen MR) is 106 cm³/mol. The zero-order valence-corrected chi connectivity index (χ0v) is 17.7. The number of esters is 1. The molecule has 154 valence electrons. The van der Waals surface area contributed by atoms with Crippen molar-refractivity contribution < 1.29 is 19.1 Å². The topological polar surface area (TPSA) is 85.5 Å². The van der Waals surface area contributed by atoms with Crippen molar-refractivity contribution in [3.05, 3.63) is 33.2 Å². The maximum atomic E-state index is 12.7. The third kappa shape index (κ3) is 3.93. The third-order valence-corrected chi connectivity index (χ3v) is 5.91. The Morgan fingerprint density at radius 3 is 2.46 bits per heavy atom. The van der Waals surface area contributed by atoms with Gasteiger partial charge in [-0.2, -0.15) is 0 Å². The van der Waals surface area contributed by atoms with Crippen LogP contribution < -0.4 is 5.56 Å². The van der Waals surface area contributed by atoms with Crippen LogP contribution in [-0.2, 0) is 15.9 Å². The Kier molecular flexibility index (Phi) is 5.30. The van der Waals surface area contributed by atoms with Crippen molar-refractivity contribution in [2.45, 2.75) is 73.0 Å². The number of aromatic amines is 1. The van der Waals surface area contributed by atoms with Gasteiger partial charge in [-0.3, -0.25) is 9.59 Å². The van der Waals surface area contributed by atoms with Crippen molar-refractivity contribution >= 4 is 11.8 Å². The Morgan fingerprint density at radius 1 is 1.18 bits per heavy atom. The lowest BCUT2D eigenvalue weighted by Gasteiger charge is -2.50. The highest BCUT2D eigenvalue weighted by molar-refractivity contribution is 6.01. The smallest absolute Gasteiger partial charge is 0.344 e. The summed E-state index contributed by atoms with van der Waals surface area (Å²) in [6.07, 6.45) is 1.32. The standard InChI is InChI=1S/C22H31NO5/c1-12(2)11-27-17-8-18(22(17,5)6)28-20(26)14-7-13-15(23-19(14)25)9-21(3,4)10-16(13)24/h7,12,17-18H,8-11H2,1-6H3,(H,23,25)/t17-,18-/m1/s1. The van der Waals surface area contributed by atoms with E-state index in [0.717, 1.165) is 0 Å². The van der Waals surface area contributed by atoms with Gasteiger partial charge in [-0.15, -0.1) is 0 Å². The Labute approximate surface area is 166 Å². The lowest BCUT2D eigenvalue weighted by atomic mass is 9.66. The summed E-state index contributed by atoms with van der Waals surface area (Å²) in [6, 6.07) is 1.41. The largest absolute Gasteiger partial charge is 0.458 e. The lowest BCUT2D eigenvalue weighted by molar-refractivity contribution is -0.180. The summed E-state index contributed by atoms with van der Waals surface area (Å²) in [5, 5.41) is 0. The first-order valence-electron chi connectivity index (χ1n) is 10.0. The normalized spacial score (nSPS) is 25.2. The van der Waals surface area contributed by atoms with Crippen molar-refractivity contribution in [1.29, 1.82) is 0 Å². The second-order valence-electron chi connectivity index (χ2n) is 10.0. The second kappa shape index (κ2) is 7.14. The number of ether oxygens (including phenoxy) is 2. The Morgan fingerprint density at radius 2 is 1.86 bits per heavy atom. The minimum absolute atomic E-state index is 0.0262. The summed E-state index contributed by atoms with van der Waals surface area (Å²) >= 11 is 0. The van der Waals surface area contributed by atoms with E-state index in [1.54, 1.807) is 0 Å². The minimum atomic E-state index is -0.679. The number of hydrogen-bond acceptors (Lipinski definition) is 5. The highest BCUT2D eigenvalue weighted by Crippen LogP contribution is 2.45. The molecule has 1 N–H and O–H groups in total. The number of Topliss-reactive ketones (excluding diaryl/α,β-unsaturated/α-hetero) is 1. The quantitative estimate of drug-likeness (QED) is 0.779. The van der Waals surface area contributed by atoms with Crippen LogP contribution in [0.2, 0.25) is 0 Å². The second-order valence-corrected chi connectivity index (χ2v) is 10.0. The van der Waals surface area contributed by atoms with Crippen LogP contribution in [0.3, 0.4) is 0 Å². The summed E-state index contributed by atoms with van der Waals surface area (Å²) in [5.74, 6) is -0.293. The average molecular weight is 389 g/mol. The number of aromatic nitrogens is 1. The molecule has 0 spiro atoms. The van der Waals surface area contributed by atoms with Crippen LogP contribution in [0.1, 0.15) is 80.8 Å². The summed E-state index contributed by atoms with van der Waals surface area (Å²) in [5.41, 5.74) is -0.0829. The molecule has 0 amide bonds. The highest BCUT2D eigenvalue weighted by atomic mass is 16.6. The van der Waals surface area contributed by atoms with Crippen LogP contribution in [0.15, 0.2) is 10.9 Å². The van der Waals surface area contributed by atoms with Gasteiger partial charge in [0.05, 0.1) is 6.10 Å². The number of hydrogen-bond donors (Lipinski definition) is 1.